The molecule has 1 amide bonds. The SMILES string of the molecule is O=C1CCC(COC(=O)c2ccccc2)N1. The van der Waals surface area contributed by atoms with Crippen LogP contribution >= 0.6 is 0 Å². The Balaban J connectivity index is 1.82. The fraction of sp³-hybridized carbons (Fsp3) is 0.333. The van der Waals surface area contributed by atoms with Gasteiger partial charge in [-0.15, -0.1) is 0 Å². The van der Waals surface area contributed by atoms with E-state index in [1.54, 1.807) is 24.3 Å². The number of ether oxygens (including phenoxy) is 1. The average molecular weight is 219 g/mol. The van der Waals surface area contributed by atoms with Gasteiger partial charge in [0.25, 0.3) is 0 Å². The molecule has 1 aliphatic rings. The van der Waals surface area contributed by atoms with Crippen molar-refractivity contribution < 1.29 is 14.3 Å². The Morgan fingerprint density at radius 1 is 1.38 bits per heavy atom. The topological polar surface area (TPSA) is 55.4 Å². The first-order valence-corrected chi connectivity index (χ1v) is 5.27. The van der Waals surface area contributed by atoms with Gasteiger partial charge in [0.2, 0.25) is 5.91 Å². The highest BCUT2D eigenvalue weighted by atomic mass is 16.5. The Bertz CT molecular complexity index is 389. The van der Waals surface area contributed by atoms with Crippen molar-refractivity contribution in [3.63, 3.8) is 0 Å². The minimum atomic E-state index is -0.346. The average Bonchev–Trinajstić information content (AvgIpc) is 2.73. The molecule has 0 bridgehead atoms. The molecule has 1 aromatic carbocycles. The molecule has 1 N–H and O–H groups in total. The number of amides is 1. The zero-order valence-corrected chi connectivity index (χ0v) is 8.81. The normalized spacial score (nSPS) is 19.2. The maximum Gasteiger partial charge on any atom is 0.338 e. The molecule has 0 radical (unpaired) electrons. The van der Waals surface area contributed by atoms with Crippen molar-refractivity contribution in [1.82, 2.24) is 5.32 Å². The molecule has 0 aromatic heterocycles. The molecule has 1 aromatic rings. The van der Waals surface area contributed by atoms with Gasteiger partial charge < -0.3 is 10.1 Å². The Morgan fingerprint density at radius 2 is 2.12 bits per heavy atom. The molecule has 2 rings (SSSR count). The smallest absolute Gasteiger partial charge is 0.338 e. The highest BCUT2D eigenvalue weighted by Gasteiger charge is 2.22. The molecule has 1 unspecified atom stereocenters. The van der Waals surface area contributed by atoms with Crippen molar-refractivity contribution in [1.29, 1.82) is 0 Å². The Hall–Kier alpha value is -1.84. The highest BCUT2D eigenvalue weighted by Crippen LogP contribution is 2.08. The lowest BCUT2D eigenvalue weighted by Crippen LogP contribution is -2.30. The number of nitrogens with one attached hydrogen (secondary N) is 1. The Labute approximate surface area is 93.6 Å². The van der Waals surface area contributed by atoms with Gasteiger partial charge in [-0.25, -0.2) is 4.79 Å². The maximum atomic E-state index is 11.5. The van der Waals surface area contributed by atoms with Gasteiger partial charge in [-0.05, 0) is 18.6 Å². The van der Waals surface area contributed by atoms with Crippen LogP contribution in [0.1, 0.15) is 23.2 Å². The number of hydrogen-bond donors (Lipinski definition) is 1. The molecule has 1 fully saturated rings. The molecule has 4 nitrogen and oxygen atoms in total. The second kappa shape index (κ2) is 4.79. The van der Waals surface area contributed by atoms with Crippen LogP contribution in [-0.4, -0.2) is 24.5 Å². The first-order chi connectivity index (χ1) is 7.75. The number of carbonyl (C=O) groups is 2. The van der Waals surface area contributed by atoms with Crippen LogP contribution in [0.4, 0.5) is 0 Å². The van der Waals surface area contributed by atoms with E-state index in [1.165, 1.54) is 0 Å². The van der Waals surface area contributed by atoms with Crippen LogP contribution in [0.25, 0.3) is 0 Å². The van der Waals surface area contributed by atoms with Gasteiger partial charge in [-0.2, -0.15) is 0 Å². The molecule has 1 atom stereocenters. The fourth-order valence-corrected chi connectivity index (χ4v) is 1.64. The van der Waals surface area contributed by atoms with Crippen molar-refractivity contribution in [3.8, 4) is 0 Å². The van der Waals surface area contributed by atoms with Crippen LogP contribution in [-0.2, 0) is 9.53 Å². The summed E-state index contributed by atoms with van der Waals surface area (Å²) in [5.74, 6) is -0.317. The standard InChI is InChI=1S/C12H13NO3/c14-11-7-6-10(13-11)8-16-12(15)9-4-2-1-3-5-9/h1-5,10H,6-8H2,(H,13,14). The zero-order chi connectivity index (χ0) is 11.4. The number of esters is 1. The van der Waals surface area contributed by atoms with E-state index >= 15 is 0 Å². The van der Waals surface area contributed by atoms with Crippen molar-refractivity contribution in [2.75, 3.05) is 6.61 Å². The van der Waals surface area contributed by atoms with E-state index in [0.717, 1.165) is 6.42 Å². The quantitative estimate of drug-likeness (QED) is 0.775. The van der Waals surface area contributed by atoms with Gasteiger partial charge in [-0.1, -0.05) is 18.2 Å². The summed E-state index contributed by atoms with van der Waals surface area (Å²) in [6.07, 6.45) is 1.26. The lowest BCUT2D eigenvalue weighted by molar-refractivity contribution is -0.119. The van der Waals surface area contributed by atoms with Crippen molar-refractivity contribution >= 4 is 11.9 Å². The minimum absolute atomic E-state index is 0.0276. The van der Waals surface area contributed by atoms with Crippen molar-refractivity contribution in [2.24, 2.45) is 0 Å². The third-order valence-electron chi connectivity index (χ3n) is 2.51. The second-order valence-electron chi connectivity index (χ2n) is 3.77. The number of rotatable bonds is 3. The lowest BCUT2D eigenvalue weighted by atomic mass is 10.2. The summed E-state index contributed by atoms with van der Waals surface area (Å²) in [5, 5.41) is 2.74. The molecule has 1 saturated heterocycles. The maximum absolute atomic E-state index is 11.5. The van der Waals surface area contributed by atoms with E-state index in [0.29, 0.717) is 12.0 Å². The summed E-state index contributed by atoms with van der Waals surface area (Å²) < 4.78 is 5.11. The van der Waals surface area contributed by atoms with Crippen LogP contribution in [0.15, 0.2) is 30.3 Å². The molecule has 0 spiro atoms. The largest absolute Gasteiger partial charge is 0.460 e. The predicted octanol–water partition coefficient (Wildman–Crippen LogP) is 1.12. The van der Waals surface area contributed by atoms with Crippen molar-refractivity contribution in [3.05, 3.63) is 35.9 Å². The van der Waals surface area contributed by atoms with Crippen LogP contribution in [0, 0.1) is 0 Å². The summed E-state index contributed by atoms with van der Waals surface area (Å²) in [7, 11) is 0. The number of carbonyl (C=O) groups excluding carboxylic acids is 2. The first-order valence-electron chi connectivity index (χ1n) is 5.27. The third kappa shape index (κ3) is 2.59. The summed E-state index contributed by atoms with van der Waals surface area (Å²) in [4.78, 5) is 22.5. The van der Waals surface area contributed by atoms with Gasteiger partial charge in [0.1, 0.15) is 6.61 Å². The highest BCUT2D eigenvalue weighted by molar-refractivity contribution is 5.89. The van der Waals surface area contributed by atoms with Crippen LogP contribution in [0.3, 0.4) is 0 Å². The van der Waals surface area contributed by atoms with Crippen LogP contribution in [0.2, 0.25) is 0 Å². The van der Waals surface area contributed by atoms with E-state index in [2.05, 4.69) is 5.32 Å². The summed E-state index contributed by atoms with van der Waals surface area (Å²) in [6, 6.07) is 8.79. The van der Waals surface area contributed by atoms with Gasteiger partial charge in [0.05, 0.1) is 11.6 Å². The lowest BCUT2D eigenvalue weighted by Gasteiger charge is -2.10. The van der Waals surface area contributed by atoms with Gasteiger partial charge in [0, 0.05) is 6.42 Å². The first kappa shape index (κ1) is 10.7. The van der Waals surface area contributed by atoms with Crippen LogP contribution in [0.5, 0.6) is 0 Å². The van der Waals surface area contributed by atoms with Crippen molar-refractivity contribution in [2.45, 2.75) is 18.9 Å². The number of benzene rings is 1. The van der Waals surface area contributed by atoms with E-state index in [4.69, 9.17) is 4.74 Å². The Morgan fingerprint density at radius 3 is 2.75 bits per heavy atom. The molecular formula is C12H13NO3. The molecular weight excluding hydrogens is 206 g/mol. The van der Waals surface area contributed by atoms with Gasteiger partial charge >= 0.3 is 5.97 Å². The van der Waals surface area contributed by atoms with E-state index in [-0.39, 0.29) is 24.5 Å². The molecule has 1 aliphatic heterocycles. The third-order valence-corrected chi connectivity index (χ3v) is 2.51. The monoisotopic (exact) mass is 219 g/mol. The van der Waals surface area contributed by atoms with E-state index in [9.17, 15) is 9.59 Å². The van der Waals surface area contributed by atoms with E-state index in [1.807, 2.05) is 6.07 Å². The Kier molecular flexibility index (Phi) is 3.19. The minimum Gasteiger partial charge on any atom is -0.460 e. The molecule has 4 heteroatoms. The molecule has 0 aliphatic carbocycles. The summed E-state index contributed by atoms with van der Waals surface area (Å²) >= 11 is 0. The van der Waals surface area contributed by atoms with E-state index < -0.39 is 0 Å². The molecule has 16 heavy (non-hydrogen) atoms. The summed E-state index contributed by atoms with van der Waals surface area (Å²) in [5.41, 5.74) is 0.534. The zero-order valence-electron chi connectivity index (χ0n) is 8.81. The molecule has 0 saturated carbocycles. The second-order valence-corrected chi connectivity index (χ2v) is 3.77. The van der Waals surface area contributed by atoms with Crippen LogP contribution < -0.4 is 5.32 Å². The van der Waals surface area contributed by atoms with Gasteiger partial charge in [0.15, 0.2) is 0 Å². The van der Waals surface area contributed by atoms with Gasteiger partial charge in [-0.3, -0.25) is 4.79 Å². The molecule has 84 valence electrons. The molecule has 1 heterocycles. The number of hydrogen-bond acceptors (Lipinski definition) is 3. The fourth-order valence-electron chi connectivity index (χ4n) is 1.64. The predicted molar refractivity (Wildman–Crippen MR) is 57.9 cm³/mol. The summed E-state index contributed by atoms with van der Waals surface area (Å²) in [6.45, 7) is 0.249.